The third kappa shape index (κ3) is 5.37. The molecule has 16 atom stereocenters. The van der Waals surface area contributed by atoms with Gasteiger partial charge in [0.2, 0.25) is 0 Å². The fourth-order valence-corrected chi connectivity index (χ4v) is 10.1. The lowest BCUT2D eigenvalue weighted by Gasteiger charge is -2.64. The summed E-state index contributed by atoms with van der Waals surface area (Å²) in [6.45, 7) is 12.2. The number of rotatable bonds is 8. The van der Waals surface area contributed by atoms with Crippen LogP contribution in [0.3, 0.4) is 0 Å². The Hall–Kier alpha value is -0.920. The maximum Gasteiger partial charge on any atom is 0.186 e. The molecular weight excluding hydrogens is 556 g/mol. The van der Waals surface area contributed by atoms with Crippen LogP contribution in [0.1, 0.15) is 72.6 Å². The minimum absolute atomic E-state index is 0.00209. The SMILES string of the molecule is C=C(CC[C@@H](C)[C@H]1[C@@H](O)[C@H](O)C2[C@]3(O)C[C@@H](O)C4=C[C@@H](O[C@@H]5OC[C@@H](O)C(O)C5O)CC[C@]4(C)C3CC[C@@]21C)[C@H](C)CO. The van der Waals surface area contributed by atoms with Crippen molar-refractivity contribution in [3.8, 4) is 0 Å². The minimum atomic E-state index is -1.41. The molecule has 0 aromatic carbocycles. The van der Waals surface area contributed by atoms with E-state index in [4.69, 9.17) is 9.47 Å². The molecule has 0 bridgehead atoms. The summed E-state index contributed by atoms with van der Waals surface area (Å²) >= 11 is 0. The predicted molar refractivity (Wildman–Crippen MR) is 157 cm³/mol. The highest BCUT2D eigenvalue weighted by molar-refractivity contribution is 5.33. The number of fused-ring (bicyclic) bond motifs is 5. The molecule has 3 saturated carbocycles. The van der Waals surface area contributed by atoms with E-state index in [1.54, 1.807) is 0 Å². The van der Waals surface area contributed by atoms with Gasteiger partial charge in [-0.05, 0) is 78.6 Å². The van der Waals surface area contributed by atoms with Gasteiger partial charge in [-0.25, -0.2) is 0 Å². The zero-order valence-electron chi connectivity index (χ0n) is 26.0. The summed E-state index contributed by atoms with van der Waals surface area (Å²) in [4.78, 5) is 0. The van der Waals surface area contributed by atoms with Crippen molar-refractivity contribution in [2.45, 2.75) is 127 Å². The van der Waals surface area contributed by atoms with Crippen LogP contribution >= 0.6 is 0 Å². The van der Waals surface area contributed by atoms with Gasteiger partial charge in [-0.1, -0.05) is 45.9 Å². The zero-order chi connectivity index (χ0) is 31.6. The Kier molecular flexibility index (Phi) is 9.35. The third-order valence-electron chi connectivity index (χ3n) is 12.5. The van der Waals surface area contributed by atoms with Gasteiger partial charge in [0.15, 0.2) is 6.29 Å². The molecule has 43 heavy (non-hydrogen) atoms. The highest BCUT2D eigenvalue weighted by Gasteiger charge is 2.72. The van der Waals surface area contributed by atoms with Crippen LogP contribution in [0.15, 0.2) is 23.8 Å². The number of hydrogen-bond acceptors (Lipinski definition) is 10. The van der Waals surface area contributed by atoms with Gasteiger partial charge in [0.1, 0.15) is 18.3 Å². The lowest BCUT2D eigenvalue weighted by molar-refractivity contribution is -0.280. The Morgan fingerprint density at radius 1 is 1.02 bits per heavy atom. The molecule has 4 fully saturated rings. The summed E-state index contributed by atoms with van der Waals surface area (Å²) in [7, 11) is 0. The van der Waals surface area contributed by atoms with Crippen molar-refractivity contribution < 1.29 is 50.3 Å². The number of hydrogen-bond donors (Lipinski definition) is 8. The molecule has 1 aliphatic heterocycles. The monoisotopic (exact) mass is 610 g/mol. The Morgan fingerprint density at radius 2 is 1.72 bits per heavy atom. The fraction of sp³-hybridized carbons (Fsp3) is 0.879. The van der Waals surface area contributed by atoms with Crippen LogP contribution in [-0.4, -0.2) is 109 Å². The lowest BCUT2D eigenvalue weighted by atomic mass is 9.43. The summed E-state index contributed by atoms with van der Waals surface area (Å²) in [5.41, 5.74) is -0.763. The van der Waals surface area contributed by atoms with Gasteiger partial charge in [0.25, 0.3) is 0 Å². The minimum Gasteiger partial charge on any atom is -0.396 e. The van der Waals surface area contributed by atoms with Gasteiger partial charge in [-0.15, -0.1) is 0 Å². The summed E-state index contributed by atoms with van der Waals surface area (Å²) in [6.07, 6.45) is -2.81. The molecule has 10 heteroatoms. The maximum absolute atomic E-state index is 12.6. The average Bonchev–Trinajstić information content (AvgIpc) is 3.16. The van der Waals surface area contributed by atoms with Crippen molar-refractivity contribution in [3.63, 3.8) is 0 Å². The van der Waals surface area contributed by atoms with Crippen LogP contribution < -0.4 is 0 Å². The first kappa shape index (κ1) is 33.4. The van der Waals surface area contributed by atoms with Crippen molar-refractivity contribution in [2.24, 2.45) is 40.4 Å². The second kappa shape index (κ2) is 12.0. The molecule has 1 heterocycles. The van der Waals surface area contributed by atoms with Gasteiger partial charge in [-0.2, -0.15) is 0 Å². The van der Waals surface area contributed by atoms with E-state index in [0.29, 0.717) is 25.7 Å². The molecule has 0 radical (unpaired) electrons. The quantitative estimate of drug-likeness (QED) is 0.185. The standard InChI is InChI=1S/C33H54O10/c1-16(18(3)14-34)6-7-17(2)24-26(38)27(39)29-32(24,5)11-9-23-31(4)10-8-19(12-20(31)21(35)13-33(23,29)41)43-30-28(40)25(37)22(36)15-42-30/h12,17-19,21-30,34-41H,1,6-11,13-15H2,2-5H3/t17-,18-,19+,21-,22-,23?,24+,25?,26-,27+,28?,29?,30+,31+,32-,33+/m1/s1. The first-order chi connectivity index (χ1) is 20.1. The predicted octanol–water partition coefficient (Wildman–Crippen LogP) is 1.02. The fourth-order valence-electron chi connectivity index (χ4n) is 10.1. The van der Waals surface area contributed by atoms with E-state index in [1.807, 2.05) is 13.0 Å². The largest absolute Gasteiger partial charge is 0.396 e. The summed E-state index contributed by atoms with van der Waals surface area (Å²) < 4.78 is 11.4. The Morgan fingerprint density at radius 3 is 2.40 bits per heavy atom. The molecule has 8 N–H and O–H groups in total. The molecule has 10 nitrogen and oxygen atoms in total. The Labute approximate surface area is 255 Å². The first-order valence-electron chi connectivity index (χ1n) is 16.2. The third-order valence-corrected chi connectivity index (χ3v) is 12.5. The number of aliphatic hydroxyl groups is 8. The molecule has 5 aliphatic rings. The molecule has 246 valence electrons. The van der Waals surface area contributed by atoms with Gasteiger partial charge in [0, 0.05) is 18.9 Å². The van der Waals surface area contributed by atoms with Gasteiger partial charge in [0.05, 0.1) is 36.6 Å². The number of aliphatic hydroxyl groups excluding tert-OH is 7. The van der Waals surface area contributed by atoms with E-state index in [2.05, 4.69) is 27.4 Å². The second-order valence-electron chi connectivity index (χ2n) is 15.1. The first-order valence-corrected chi connectivity index (χ1v) is 16.2. The topological polar surface area (TPSA) is 180 Å². The molecule has 0 spiro atoms. The van der Waals surface area contributed by atoms with Crippen LogP contribution in [0.2, 0.25) is 0 Å². The molecule has 0 aromatic rings. The van der Waals surface area contributed by atoms with Crippen molar-refractivity contribution in [1.82, 2.24) is 0 Å². The van der Waals surface area contributed by atoms with Gasteiger partial charge >= 0.3 is 0 Å². The molecule has 4 aliphatic carbocycles. The molecule has 0 aromatic heterocycles. The zero-order valence-corrected chi connectivity index (χ0v) is 26.0. The van der Waals surface area contributed by atoms with Crippen LogP contribution in [-0.2, 0) is 9.47 Å². The Bertz CT molecular complexity index is 1070. The average molecular weight is 611 g/mol. The number of ether oxygens (including phenoxy) is 2. The van der Waals surface area contributed by atoms with Crippen LogP contribution in [0.25, 0.3) is 0 Å². The van der Waals surface area contributed by atoms with Crippen molar-refractivity contribution in [2.75, 3.05) is 13.2 Å². The van der Waals surface area contributed by atoms with Crippen LogP contribution in [0, 0.1) is 40.4 Å². The summed E-state index contributed by atoms with van der Waals surface area (Å²) in [5, 5.41) is 86.9. The molecule has 0 amide bonds. The molecule has 1 saturated heterocycles. The molecule has 4 unspecified atom stereocenters. The molecular formula is C33H54O10. The van der Waals surface area contributed by atoms with Crippen molar-refractivity contribution in [1.29, 1.82) is 0 Å². The van der Waals surface area contributed by atoms with E-state index in [9.17, 15) is 40.9 Å². The van der Waals surface area contributed by atoms with E-state index in [1.165, 1.54) is 0 Å². The van der Waals surface area contributed by atoms with Crippen LogP contribution in [0.4, 0.5) is 0 Å². The summed E-state index contributed by atoms with van der Waals surface area (Å²) in [6, 6.07) is 0. The highest BCUT2D eigenvalue weighted by atomic mass is 16.7. The normalized spacial score (nSPS) is 51.1. The molecule has 5 rings (SSSR count). The maximum atomic E-state index is 12.6. The van der Waals surface area contributed by atoms with Crippen LogP contribution in [0.5, 0.6) is 0 Å². The highest BCUT2D eigenvalue weighted by Crippen LogP contribution is 2.69. The summed E-state index contributed by atoms with van der Waals surface area (Å²) in [5.74, 6) is -1.05. The van der Waals surface area contributed by atoms with E-state index in [0.717, 1.165) is 24.0 Å². The van der Waals surface area contributed by atoms with E-state index in [-0.39, 0.29) is 43.3 Å². The van der Waals surface area contributed by atoms with Crippen molar-refractivity contribution in [3.05, 3.63) is 23.8 Å². The second-order valence-corrected chi connectivity index (χ2v) is 15.1. The van der Waals surface area contributed by atoms with Crippen molar-refractivity contribution >= 4 is 0 Å². The smallest absolute Gasteiger partial charge is 0.186 e. The van der Waals surface area contributed by atoms with Gasteiger partial charge in [-0.3, -0.25) is 0 Å². The van der Waals surface area contributed by atoms with E-state index < -0.39 is 71.4 Å². The van der Waals surface area contributed by atoms with E-state index >= 15 is 0 Å². The lowest BCUT2D eigenvalue weighted by Crippen LogP contribution is -2.66. The Balaban J connectivity index is 1.37. The van der Waals surface area contributed by atoms with Gasteiger partial charge < -0.3 is 50.3 Å².